The number of methoxy groups -OCH3 is 1. The zero-order valence-electron chi connectivity index (χ0n) is 8.91. The highest BCUT2D eigenvalue weighted by Gasteiger charge is 2.11. The van der Waals surface area contributed by atoms with Crippen molar-refractivity contribution in [3.8, 4) is 0 Å². The molecule has 0 heterocycles. The van der Waals surface area contributed by atoms with Gasteiger partial charge < -0.3 is 15.6 Å². The van der Waals surface area contributed by atoms with Crippen LogP contribution < -0.4 is 5.73 Å². The molecular weight excluding hydrogens is 194 g/mol. The Balaban J connectivity index is 3.04. The van der Waals surface area contributed by atoms with Gasteiger partial charge in [-0.05, 0) is 30.5 Å². The molecule has 0 atom stereocenters. The number of nitrogen functional groups attached to an aromatic ring is 1. The van der Waals surface area contributed by atoms with Crippen molar-refractivity contribution in [3.05, 3.63) is 28.8 Å². The van der Waals surface area contributed by atoms with Crippen molar-refractivity contribution in [1.29, 1.82) is 0 Å². The van der Waals surface area contributed by atoms with E-state index in [-0.39, 0.29) is 5.56 Å². The number of nitrogens with two attached hydrogens (primary N) is 1. The van der Waals surface area contributed by atoms with Crippen molar-refractivity contribution in [2.45, 2.75) is 13.3 Å². The normalized spacial score (nSPS) is 10.3. The Kier molecular flexibility index (Phi) is 3.68. The van der Waals surface area contributed by atoms with Crippen LogP contribution in [0.3, 0.4) is 0 Å². The maximum atomic E-state index is 10.8. The zero-order chi connectivity index (χ0) is 11.4. The lowest BCUT2D eigenvalue weighted by atomic mass is 10.0. The quantitative estimate of drug-likeness (QED) is 0.736. The van der Waals surface area contributed by atoms with Gasteiger partial charge in [-0.25, -0.2) is 4.79 Å². The second-order valence-electron chi connectivity index (χ2n) is 3.36. The summed E-state index contributed by atoms with van der Waals surface area (Å²) in [5.74, 6) is -0.992. The van der Waals surface area contributed by atoms with Crippen LogP contribution in [0.15, 0.2) is 12.1 Å². The number of carboxylic acids is 1. The van der Waals surface area contributed by atoms with Crippen molar-refractivity contribution >= 4 is 11.7 Å². The Morgan fingerprint density at radius 3 is 2.73 bits per heavy atom. The summed E-state index contributed by atoms with van der Waals surface area (Å²) in [5.41, 5.74) is 8.09. The number of anilines is 1. The summed E-state index contributed by atoms with van der Waals surface area (Å²) in [6.45, 7) is 2.43. The van der Waals surface area contributed by atoms with E-state index in [4.69, 9.17) is 15.6 Å². The van der Waals surface area contributed by atoms with Gasteiger partial charge in [0.05, 0.1) is 12.2 Å². The molecule has 1 aromatic rings. The van der Waals surface area contributed by atoms with Gasteiger partial charge in [-0.3, -0.25) is 0 Å². The first kappa shape index (κ1) is 11.5. The lowest BCUT2D eigenvalue weighted by Gasteiger charge is -2.10. The Morgan fingerprint density at radius 2 is 2.20 bits per heavy atom. The van der Waals surface area contributed by atoms with Crippen LogP contribution >= 0.6 is 0 Å². The molecule has 0 aromatic heterocycles. The second kappa shape index (κ2) is 4.79. The van der Waals surface area contributed by atoms with Crippen LogP contribution in [0.1, 0.15) is 21.5 Å². The minimum atomic E-state index is -0.992. The van der Waals surface area contributed by atoms with Crippen LogP contribution in [0.2, 0.25) is 0 Å². The standard InChI is InChI=1S/C11H15NO3/c1-7-8(5-6-15-2)3-4-9(10(7)12)11(13)14/h3-4H,5-6,12H2,1-2H3,(H,13,14). The van der Waals surface area contributed by atoms with E-state index < -0.39 is 5.97 Å². The van der Waals surface area contributed by atoms with Gasteiger partial charge in [-0.1, -0.05) is 6.07 Å². The van der Waals surface area contributed by atoms with Crippen LogP contribution in [0.25, 0.3) is 0 Å². The van der Waals surface area contributed by atoms with E-state index in [1.807, 2.05) is 6.92 Å². The second-order valence-corrected chi connectivity index (χ2v) is 3.36. The molecule has 3 N–H and O–H groups in total. The molecule has 0 aliphatic heterocycles. The monoisotopic (exact) mass is 209 g/mol. The minimum Gasteiger partial charge on any atom is -0.478 e. The Bertz CT molecular complexity index is 374. The van der Waals surface area contributed by atoms with Crippen LogP contribution in [0, 0.1) is 6.92 Å². The number of carbonyl (C=O) groups is 1. The smallest absolute Gasteiger partial charge is 0.337 e. The average molecular weight is 209 g/mol. The summed E-state index contributed by atoms with van der Waals surface area (Å²) in [6.07, 6.45) is 0.742. The van der Waals surface area contributed by atoms with Crippen molar-refractivity contribution in [3.63, 3.8) is 0 Å². The van der Waals surface area contributed by atoms with E-state index in [9.17, 15) is 4.79 Å². The predicted octanol–water partition coefficient (Wildman–Crippen LogP) is 1.46. The molecule has 1 aromatic carbocycles. The van der Waals surface area contributed by atoms with Gasteiger partial charge in [0.1, 0.15) is 0 Å². The van der Waals surface area contributed by atoms with E-state index in [1.54, 1.807) is 13.2 Å². The third-order valence-corrected chi connectivity index (χ3v) is 2.43. The molecule has 0 aliphatic carbocycles. The van der Waals surface area contributed by atoms with E-state index in [2.05, 4.69) is 0 Å². The summed E-state index contributed by atoms with van der Waals surface area (Å²) in [7, 11) is 1.63. The highest BCUT2D eigenvalue weighted by molar-refractivity contribution is 5.94. The highest BCUT2D eigenvalue weighted by atomic mass is 16.5. The first-order valence-corrected chi connectivity index (χ1v) is 4.68. The first-order chi connectivity index (χ1) is 7.07. The van der Waals surface area contributed by atoms with Gasteiger partial charge in [0, 0.05) is 12.8 Å². The van der Waals surface area contributed by atoms with Crippen molar-refractivity contribution in [2.24, 2.45) is 0 Å². The fraction of sp³-hybridized carbons (Fsp3) is 0.364. The molecule has 0 bridgehead atoms. The molecule has 0 unspecified atom stereocenters. The van der Waals surface area contributed by atoms with Crippen molar-refractivity contribution in [2.75, 3.05) is 19.5 Å². The van der Waals surface area contributed by atoms with Gasteiger partial charge in [0.25, 0.3) is 0 Å². The van der Waals surface area contributed by atoms with E-state index in [1.165, 1.54) is 6.07 Å². The maximum absolute atomic E-state index is 10.8. The molecule has 15 heavy (non-hydrogen) atoms. The van der Waals surface area contributed by atoms with Gasteiger partial charge in [-0.15, -0.1) is 0 Å². The maximum Gasteiger partial charge on any atom is 0.337 e. The van der Waals surface area contributed by atoms with E-state index in [0.717, 1.165) is 17.5 Å². The Morgan fingerprint density at radius 1 is 1.53 bits per heavy atom. The molecule has 0 radical (unpaired) electrons. The van der Waals surface area contributed by atoms with Crippen LogP contribution in [-0.2, 0) is 11.2 Å². The van der Waals surface area contributed by atoms with Crippen molar-refractivity contribution < 1.29 is 14.6 Å². The molecule has 4 nitrogen and oxygen atoms in total. The third-order valence-electron chi connectivity index (χ3n) is 2.43. The topological polar surface area (TPSA) is 72.5 Å². The Hall–Kier alpha value is -1.55. The summed E-state index contributed by atoms with van der Waals surface area (Å²) in [6, 6.07) is 3.32. The van der Waals surface area contributed by atoms with Crippen LogP contribution in [0.5, 0.6) is 0 Å². The summed E-state index contributed by atoms with van der Waals surface area (Å²) in [5, 5.41) is 8.85. The highest BCUT2D eigenvalue weighted by Crippen LogP contribution is 2.21. The summed E-state index contributed by atoms with van der Waals surface area (Å²) >= 11 is 0. The van der Waals surface area contributed by atoms with Crippen molar-refractivity contribution in [1.82, 2.24) is 0 Å². The molecule has 0 amide bonds. The average Bonchev–Trinajstić information content (AvgIpc) is 2.20. The van der Waals surface area contributed by atoms with Gasteiger partial charge in [0.15, 0.2) is 0 Å². The Labute approximate surface area is 88.7 Å². The first-order valence-electron chi connectivity index (χ1n) is 4.68. The molecule has 82 valence electrons. The number of ether oxygens (including phenoxy) is 1. The number of benzene rings is 1. The molecular formula is C11H15NO3. The lowest BCUT2D eigenvalue weighted by Crippen LogP contribution is -2.07. The fourth-order valence-corrected chi connectivity index (χ4v) is 1.44. The minimum absolute atomic E-state index is 0.161. The zero-order valence-corrected chi connectivity index (χ0v) is 8.91. The van der Waals surface area contributed by atoms with E-state index in [0.29, 0.717) is 12.3 Å². The molecule has 1 rings (SSSR count). The predicted molar refractivity (Wildman–Crippen MR) is 58.1 cm³/mol. The van der Waals surface area contributed by atoms with Crippen LogP contribution in [-0.4, -0.2) is 24.8 Å². The fourth-order valence-electron chi connectivity index (χ4n) is 1.44. The number of carboxylic acid groups (broad SMARTS) is 1. The summed E-state index contributed by atoms with van der Waals surface area (Å²) in [4.78, 5) is 10.8. The largest absolute Gasteiger partial charge is 0.478 e. The number of rotatable bonds is 4. The SMILES string of the molecule is COCCc1ccc(C(=O)O)c(N)c1C. The number of aromatic carboxylic acids is 1. The molecule has 0 fully saturated rings. The van der Waals surface area contributed by atoms with Crippen LogP contribution in [0.4, 0.5) is 5.69 Å². The van der Waals surface area contributed by atoms with Gasteiger partial charge >= 0.3 is 5.97 Å². The molecule has 0 aliphatic rings. The third kappa shape index (κ3) is 2.47. The molecule has 0 saturated heterocycles. The number of hydrogen-bond acceptors (Lipinski definition) is 3. The van der Waals surface area contributed by atoms with Gasteiger partial charge in [0.2, 0.25) is 0 Å². The molecule has 0 spiro atoms. The van der Waals surface area contributed by atoms with Gasteiger partial charge in [-0.2, -0.15) is 0 Å². The summed E-state index contributed by atoms with van der Waals surface area (Å²) < 4.78 is 4.96. The van der Waals surface area contributed by atoms with E-state index >= 15 is 0 Å². The molecule has 4 heteroatoms. The molecule has 0 saturated carbocycles. The number of hydrogen-bond donors (Lipinski definition) is 2. The lowest BCUT2D eigenvalue weighted by molar-refractivity contribution is 0.0698.